The molecule has 0 unspecified atom stereocenters. The lowest BCUT2D eigenvalue weighted by Gasteiger charge is -2.21. The number of benzene rings is 1. The summed E-state index contributed by atoms with van der Waals surface area (Å²) in [6.07, 6.45) is 3.23. The first kappa shape index (κ1) is 13.1. The topological polar surface area (TPSA) is 51.4 Å². The Bertz CT molecular complexity index is 574. The Hall–Kier alpha value is -2.30. The molecule has 4 nitrogen and oxygen atoms in total. The highest BCUT2D eigenvalue weighted by atomic mass is 19.1. The molecule has 0 bridgehead atoms. The van der Waals surface area contributed by atoms with E-state index in [-0.39, 0.29) is 11.6 Å². The fourth-order valence-corrected chi connectivity index (χ4v) is 1.92. The SMILES string of the molecule is COc1cccc(CN(C)c2ccncc2N)c1F. The number of nitrogens with two attached hydrogens (primary N) is 1. The zero-order valence-electron chi connectivity index (χ0n) is 10.9. The Morgan fingerprint density at radius 1 is 1.37 bits per heavy atom. The number of nitrogen functional groups attached to an aromatic ring is 1. The third kappa shape index (κ3) is 2.76. The molecule has 0 atom stereocenters. The Labute approximate surface area is 111 Å². The molecule has 1 aromatic carbocycles. The van der Waals surface area contributed by atoms with Crippen LogP contribution in [0.1, 0.15) is 5.56 Å². The minimum Gasteiger partial charge on any atom is -0.494 e. The van der Waals surface area contributed by atoms with E-state index in [1.165, 1.54) is 7.11 Å². The molecule has 0 aliphatic rings. The van der Waals surface area contributed by atoms with E-state index in [0.29, 0.717) is 17.8 Å². The molecule has 0 saturated heterocycles. The Morgan fingerprint density at radius 2 is 2.16 bits per heavy atom. The van der Waals surface area contributed by atoms with Gasteiger partial charge in [-0.3, -0.25) is 4.98 Å². The second-order valence-corrected chi connectivity index (χ2v) is 4.22. The number of halogens is 1. The normalized spacial score (nSPS) is 10.3. The Kier molecular flexibility index (Phi) is 3.85. The van der Waals surface area contributed by atoms with Crippen molar-refractivity contribution in [2.45, 2.75) is 6.54 Å². The lowest BCUT2D eigenvalue weighted by atomic mass is 10.1. The van der Waals surface area contributed by atoms with Crippen molar-refractivity contribution >= 4 is 11.4 Å². The van der Waals surface area contributed by atoms with Crippen molar-refractivity contribution in [1.29, 1.82) is 0 Å². The number of nitrogens with zero attached hydrogens (tertiary/aromatic N) is 2. The van der Waals surface area contributed by atoms with Crippen LogP contribution in [-0.4, -0.2) is 19.1 Å². The molecule has 2 N–H and O–H groups in total. The van der Waals surface area contributed by atoms with E-state index in [4.69, 9.17) is 10.5 Å². The van der Waals surface area contributed by atoms with Gasteiger partial charge in [-0.05, 0) is 12.1 Å². The summed E-state index contributed by atoms with van der Waals surface area (Å²) in [6.45, 7) is 0.400. The first-order valence-electron chi connectivity index (χ1n) is 5.85. The Balaban J connectivity index is 2.24. The van der Waals surface area contributed by atoms with Gasteiger partial charge in [0.1, 0.15) is 0 Å². The van der Waals surface area contributed by atoms with Gasteiger partial charge >= 0.3 is 0 Å². The number of rotatable bonds is 4. The highest BCUT2D eigenvalue weighted by Gasteiger charge is 2.12. The average molecular weight is 261 g/mol. The van der Waals surface area contributed by atoms with Crippen LogP contribution in [0.25, 0.3) is 0 Å². The summed E-state index contributed by atoms with van der Waals surface area (Å²) in [4.78, 5) is 5.80. The molecule has 100 valence electrons. The maximum atomic E-state index is 14.1. The average Bonchev–Trinajstić information content (AvgIpc) is 2.41. The minimum atomic E-state index is -0.343. The van der Waals surface area contributed by atoms with Gasteiger partial charge in [-0.2, -0.15) is 0 Å². The number of methoxy groups -OCH3 is 1. The molecular formula is C14H16FN3O. The van der Waals surface area contributed by atoms with Crippen LogP contribution in [0.15, 0.2) is 36.7 Å². The molecule has 1 aromatic heterocycles. The summed E-state index contributed by atoms with van der Waals surface area (Å²) in [5, 5.41) is 0. The summed E-state index contributed by atoms with van der Waals surface area (Å²) in [5.74, 6) is -0.0990. The van der Waals surface area contributed by atoms with E-state index in [9.17, 15) is 4.39 Å². The summed E-state index contributed by atoms with van der Waals surface area (Å²) in [5.41, 5.74) is 7.78. The van der Waals surface area contributed by atoms with Crippen molar-refractivity contribution in [3.8, 4) is 5.75 Å². The molecule has 2 rings (SSSR count). The molecule has 19 heavy (non-hydrogen) atoms. The van der Waals surface area contributed by atoms with Crippen molar-refractivity contribution in [3.63, 3.8) is 0 Å². The zero-order valence-corrected chi connectivity index (χ0v) is 10.9. The first-order chi connectivity index (χ1) is 9.13. The second-order valence-electron chi connectivity index (χ2n) is 4.22. The van der Waals surface area contributed by atoms with Gasteiger partial charge in [-0.15, -0.1) is 0 Å². The highest BCUT2D eigenvalue weighted by Crippen LogP contribution is 2.25. The number of aromatic nitrogens is 1. The Morgan fingerprint density at radius 3 is 2.84 bits per heavy atom. The van der Waals surface area contributed by atoms with Gasteiger partial charge in [0.25, 0.3) is 0 Å². The number of ether oxygens (including phenoxy) is 1. The molecule has 0 amide bonds. The number of hydrogen-bond donors (Lipinski definition) is 1. The van der Waals surface area contributed by atoms with Crippen LogP contribution in [0, 0.1) is 5.82 Å². The molecule has 0 aliphatic heterocycles. The quantitative estimate of drug-likeness (QED) is 0.918. The largest absolute Gasteiger partial charge is 0.494 e. The fraction of sp³-hybridized carbons (Fsp3) is 0.214. The van der Waals surface area contributed by atoms with E-state index < -0.39 is 0 Å². The van der Waals surface area contributed by atoms with E-state index >= 15 is 0 Å². The third-order valence-corrected chi connectivity index (χ3v) is 2.91. The maximum Gasteiger partial charge on any atom is 0.170 e. The van der Waals surface area contributed by atoms with Crippen LogP contribution in [-0.2, 0) is 6.54 Å². The number of anilines is 2. The van der Waals surface area contributed by atoms with Crippen molar-refractivity contribution < 1.29 is 9.13 Å². The van der Waals surface area contributed by atoms with Gasteiger partial charge in [0.2, 0.25) is 0 Å². The first-order valence-corrected chi connectivity index (χ1v) is 5.85. The summed E-state index contributed by atoms with van der Waals surface area (Å²) >= 11 is 0. The van der Waals surface area contributed by atoms with Crippen molar-refractivity contribution in [2.75, 3.05) is 24.8 Å². The fourth-order valence-electron chi connectivity index (χ4n) is 1.92. The van der Waals surface area contributed by atoms with Gasteiger partial charge in [-0.1, -0.05) is 12.1 Å². The predicted octanol–water partition coefficient (Wildman–Crippen LogP) is 2.45. The molecular weight excluding hydrogens is 245 g/mol. The summed E-state index contributed by atoms with van der Waals surface area (Å²) in [6, 6.07) is 6.89. The number of pyridine rings is 1. The monoisotopic (exact) mass is 261 g/mol. The molecule has 0 radical (unpaired) electrons. The highest BCUT2D eigenvalue weighted by molar-refractivity contribution is 5.65. The lowest BCUT2D eigenvalue weighted by molar-refractivity contribution is 0.384. The van der Waals surface area contributed by atoms with E-state index in [1.807, 2.05) is 11.9 Å². The van der Waals surface area contributed by atoms with Crippen LogP contribution in [0.5, 0.6) is 5.75 Å². The third-order valence-electron chi connectivity index (χ3n) is 2.91. The van der Waals surface area contributed by atoms with E-state index in [2.05, 4.69) is 4.98 Å². The van der Waals surface area contributed by atoms with Crippen LogP contribution in [0.2, 0.25) is 0 Å². The standard InChI is InChI=1S/C14H16FN3O/c1-18(12-6-7-17-8-11(12)16)9-10-4-3-5-13(19-2)14(10)15/h3-8H,9,16H2,1-2H3. The van der Waals surface area contributed by atoms with Gasteiger partial charge in [0.05, 0.1) is 24.7 Å². The molecule has 0 fully saturated rings. The minimum absolute atomic E-state index is 0.244. The van der Waals surface area contributed by atoms with Crippen molar-refractivity contribution in [1.82, 2.24) is 4.98 Å². The maximum absolute atomic E-state index is 14.1. The van der Waals surface area contributed by atoms with Crippen LogP contribution >= 0.6 is 0 Å². The van der Waals surface area contributed by atoms with Gasteiger partial charge < -0.3 is 15.4 Å². The lowest BCUT2D eigenvalue weighted by Crippen LogP contribution is -2.18. The molecule has 5 heteroatoms. The van der Waals surface area contributed by atoms with Crippen molar-refractivity contribution in [3.05, 3.63) is 48.0 Å². The molecule has 0 aliphatic carbocycles. The van der Waals surface area contributed by atoms with E-state index in [1.54, 1.807) is 36.7 Å². The van der Waals surface area contributed by atoms with Crippen LogP contribution in [0.4, 0.5) is 15.8 Å². The van der Waals surface area contributed by atoms with Gasteiger partial charge in [0, 0.05) is 25.4 Å². The smallest absolute Gasteiger partial charge is 0.170 e. The molecule has 2 aromatic rings. The summed E-state index contributed by atoms with van der Waals surface area (Å²) in [7, 11) is 3.30. The van der Waals surface area contributed by atoms with Gasteiger partial charge in [0.15, 0.2) is 11.6 Å². The van der Waals surface area contributed by atoms with Crippen LogP contribution < -0.4 is 15.4 Å². The van der Waals surface area contributed by atoms with Crippen molar-refractivity contribution in [2.24, 2.45) is 0 Å². The van der Waals surface area contributed by atoms with Crippen LogP contribution in [0.3, 0.4) is 0 Å². The molecule has 0 saturated carbocycles. The molecule has 1 heterocycles. The van der Waals surface area contributed by atoms with E-state index in [0.717, 1.165) is 5.69 Å². The second kappa shape index (κ2) is 5.56. The predicted molar refractivity (Wildman–Crippen MR) is 73.7 cm³/mol. The van der Waals surface area contributed by atoms with Gasteiger partial charge in [-0.25, -0.2) is 4.39 Å². The number of hydrogen-bond acceptors (Lipinski definition) is 4. The zero-order chi connectivity index (χ0) is 13.8. The summed E-state index contributed by atoms with van der Waals surface area (Å²) < 4.78 is 19.0. The molecule has 0 spiro atoms.